The van der Waals surface area contributed by atoms with Crippen LogP contribution < -0.4 is 10.6 Å². The fourth-order valence-corrected chi connectivity index (χ4v) is 4.70. The van der Waals surface area contributed by atoms with Gasteiger partial charge in [-0.05, 0) is 61.6 Å². The van der Waals surface area contributed by atoms with Crippen LogP contribution in [0.4, 0.5) is 10.5 Å². The number of hydrogen-bond donors (Lipinski definition) is 3. The maximum absolute atomic E-state index is 12.6. The number of furan rings is 1. The number of amides is 2. The second kappa shape index (κ2) is 6.58. The highest BCUT2D eigenvalue weighted by Gasteiger charge is 2.47. The van der Waals surface area contributed by atoms with Crippen molar-refractivity contribution in [3.63, 3.8) is 0 Å². The summed E-state index contributed by atoms with van der Waals surface area (Å²) in [4.78, 5) is 26.0. The third-order valence-electron chi connectivity index (χ3n) is 6.35. The van der Waals surface area contributed by atoms with Gasteiger partial charge in [-0.15, -0.1) is 0 Å². The quantitative estimate of drug-likeness (QED) is 0.752. The van der Waals surface area contributed by atoms with Crippen LogP contribution in [0, 0.1) is 5.92 Å². The molecule has 3 heterocycles. The van der Waals surface area contributed by atoms with Crippen molar-refractivity contribution in [1.82, 2.24) is 10.2 Å². The molecular weight excluding hydrogens is 358 g/mol. The number of hydrogen-bond acceptors (Lipinski definition) is 4. The summed E-state index contributed by atoms with van der Waals surface area (Å²) in [5.41, 5.74) is 2.31. The Morgan fingerprint density at radius 3 is 2.75 bits per heavy atom. The molecule has 1 aromatic carbocycles. The molecule has 1 saturated heterocycles. The predicted molar refractivity (Wildman–Crippen MR) is 102 cm³/mol. The molecular formula is C21H23N3O4. The zero-order valence-electron chi connectivity index (χ0n) is 15.4. The van der Waals surface area contributed by atoms with Crippen molar-refractivity contribution in [3.8, 4) is 0 Å². The zero-order chi connectivity index (χ0) is 19.3. The zero-order valence-corrected chi connectivity index (χ0v) is 15.4. The van der Waals surface area contributed by atoms with Crippen molar-refractivity contribution in [2.24, 2.45) is 5.92 Å². The van der Waals surface area contributed by atoms with E-state index >= 15 is 0 Å². The molecule has 2 amide bonds. The molecule has 5 rings (SSSR count). The van der Waals surface area contributed by atoms with E-state index < -0.39 is 6.09 Å². The average Bonchev–Trinajstić information content (AvgIpc) is 3.33. The predicted octanol–water partition coefficient (Wildman–Crippen LogP) is 3.77. The van der Waals surface area contributed by atoms with E-state index in [-0.39, 0.29) is 30.0 Å². The van der Waals surface area contributed by atoms with Crippen LogP contribution >= 0.6 is 0 Å². The molecule has 1 saturated carbocycles. The molecule has 1 aromatic heterocycles. The lowest BCUT2D eigenvalue weighted by atomic mass is 9.81. The largest absolute Gasteiger partial charge is 0.467 e. The average molecular weight is 381 g/mol. The Morgan fingerprint density at radius 2 is 2.07 bits per heavy atom. The minimum absolute atomic E-state index is 0.0553. The van der Waals surface area contributed by atoms with Gasteiger partial charge in [0, 0.05) is 29.8 Å². The Kier molecular flexibility index (Phi) is 4.03. The van der Waals surface area contributed by atoms with E-state index in [1.807, 2.05) is 24.3 Å². The van der Waals surface area contributed by atoms with E-state index in [0.717, 1.165) is 42.7 Å². The first-order valence-corrected chi connectivity index (χ1v) is 9.86. The highest BCUT2D eigenvalue weighted by molar-refractivity contribution is 5.95. The molecule has 3 N–H and O–H groups in total. The van der Waals surface area contributed by atoms with Gasteiger partial charge in [0.15, 0.2) is 0 Å². The molecule has 7 heteroatoms. The maximum Gasteiger partial charge on any atom is 0.407 e. The molecule has 3 atom stereocenters. The molecule has 28 heavy (non-hydrogen) atoms. The molecule has 3 aliphatic rings. The number of nitrogens with zero attached hydrogens (tertiary/aromatic N) is 1. The Morgan fingerprint density at radius 1 is 1.21 bits per heavy atom. The first kappa shape index (κ1) is 17.2. The van der Waals surface area contributed by atoms with Crippen molar-refractivity contribution < 1.29 is 19.1 Å². The SMILES string of the molecule is O=C(NC1CCC1)c1ccc2c(c1)C1C(CCN1C(=O)O)C(c1ccco1)N2. The summed E-state index contributed by atoms with van der Waals surface area (Å²) in [6.07, 6.45) is 4.67. The van der Waals surface area contributed by atoms with Crippen molar-refractivity contribution in [3.05, 3.63) is 53.5 Å². The standard InChI is InChI=1S/C21H23N3O4/c25-20(22-13-3-1-4-13)12-6-7-16-15(11-12)19-14(8-9-24(19)21(26)27)18(23-16)17-5-2-10-28-17/h2,5-7,10-11,13-14,18-19,23H,1,3-4,8-9H2,(H,22,25)(H,26,27). The molecule has 146 valence electrons. The first-order chi connectivity index (χ1) is 13.6. The van der Waals surface area contributed by atoms with E-state index in [1.54, 1.807) is 12.3 Å². The number of likely N-dealkylation sites (tertiary alicyclic amines) is 1. The minimum atomic E-state index is -0.928. The topological polar surface area (TPSA) is 94.8 Å². The Balaban J connectivity index is 1.52. The summed E-state index contributed by atoms with van der Waals surface area (Å²) in [6, 6.07) is 9.19. The van der Waals surface area contributed by atoms with Gasteiger partial charge in [-0.2, -0.15) is 0 Å². The van der Waals surface area contributed by atoms with Crippen molar-refractivity contribution in [1.29, 1.82) is 0 Å². The van der Waals surface area contributed by atoms with Crippen LogP contribution in [-0.2, 0) is 0 Å². The highest BCUT2D eigenvalue weighted by atomic mass is 16.4. The van der Waals surface area contributed by atoms with Crippen LogP contribution in [0.1, 0.15) is 59.4 Å². The monoisotopic (exact) mass is 381 g/mol. The third-order valence-corrected chi connectivity index (χ3v) is 6.35. The summed E-state index contributed by atoms with van der Waals surface area (Å²) in [6.45, 7) is 0.474. The molecule has 3 unspecified atom stereocenters. The van der Waals surface area contributed by atoms with E-state index in [9.17, 15) is 14.7 Å². The molecule has 0 bridgehead atoms. The summed E-state index contributed by atoms with van der Waals surface area (Å²) >= 11 is 0. The van der Waals surface area contributed by atoms with Gasteiger partial charge < -0.3 is 25.1 Å². The number of nitrogens with one attached hydrogen (secondary N) is 2. The molecule has 0 radical (unpaired) electrons. The fourth-order valence-electron chi connectivity index (χ4n) is 4.70. The van der Waals surface area contributed by atoms with Crippen molar-refractivity contribution in [2.45, 2.75) is 43.8 Å². The van der Waals surface area contributed by atoms with E-state index in [2.05, 4.69) is 10.6 Å². The normalized spacial score (nSPS) is 26.0. The van der Waals surface area contributed by atoms with Crippen molar-refractivity contribution in [2.75, 3.05) is 11.9 Å². The Bertz CT molecular complexity index is 906. The maximum atomic E-state index is 12.6. The van der Waals surface area contributed by atoms with Gasteiger partial charge in [0.2, 0.25) is 0 Å². The Labute approximate surface area is 162 Å². The molecule has 0 spiro atoms. The number of carbonyl (C=O) groups excluding carboxylic acids is 1. The lowest BCUT2D eigenvalue weighted by Gasteiger charge is -2.38. The third kappa shape index (κ3) is 2.73. The van der Waals surface area contributed by atoms with Crippen LogP contribution in [0.5, 0.6) is 0 Å². The number of carboxylic acid groups (broad SMARTS) is 1. The molecule has 2 fully saturated rings. The van der Waals surface area contributed by atoms with Crippen LogP contribution in [0.25, 0.3) is 0 Å². The summed E-state index contributed by atoms with van der Waals surface area (Å²) in [7, 11) is 0. The Hall–Kier alpha value is -2.96. The summed E-state index contributed by atoms with van der Waals surface area (Å²) < 4.78 is 5.62. The molecule has 1 aliphatic carbocycles. The van der Waals surface area contributed by atoms with Gasteiger partial charge in [0.05, 0.1) is 18.3 Å². The van der Waals surface area contributed by atoms with Gasteiger partial charge in [-0.25, -0.2) is 4.79 Å². The molecule has 2 aromatic rings. The lowest BCUT2D eigenvalue weighted by molar-refractivity contribution is 0.0916. The fraction of sp³-hybridized carbons (Fsp3) is 0.429. The highest BCUT2D eigenvalue weighted by Crippen LogP contribution is 2.51. The minimum Gasteiger partial charge on any atom is -0.467 e. The van der Waals surface area contributed by atoms with Crippen LogP contribution in [-0.4, -0.2) is 34.6 Å². The lowest BCUT2D eigenvalue weighted by Crippen LogP contribution is -2.40. The number of carbonyl (C=O) groups is 2. The second-order valence-electron chi connectivity index (χ2n) is 7.91. The van der Waals surface area contributed by atoms with Gasteiger partial charge >= 0.3 is 6.09 Å². The molecule has 7 nitrogen and oxygen atoms in total. The van der Waals surface area contributed by atoms with E-state index in [4.69, 9.17) is 4.42 Å². The summed E-state index contributed by atoms with van der Waals surface area (Å²) in [5.74, 6) is 0.775. The van der Waals surface area contributed by atoms with Gasteiger partial charge in [-0.3, -0.25) is 4.79 Å². The van der Waals surface area contributed by atoms with E-state index in [0.29, 0.717) is 12.1 Å². The second-order valence-corrected chi connectivity index (χ2v) is 7.91. The van der Waals surface area contributed by atoms with Gasteiger partial charge in [0.25, 0.3) is 5.91 Å². The first-order valence-electron chi connectivity index (χ1n) is 9.86. The van der Waals surface area contributed by atoms with E-state index in [1.165, 1.54) is 4.90 Å². The van der Waals surface area contributed by atoms with Crippen LogP contribution in [0.3, 0.4) is 0 Å². The smallest absolute Gasteiger partial charge is 0.407 e. The number of rotatable bonds is 3. The number of fused-ring (bicyclic) bond motifs is 3. The van der Waals surface area contributed by atoms with Gasteiger partial charge in [0.1, 0.15) is 5.76 Å². The van der Waals surface area contributed by atoms with Crippen LogP contribution in [0.15, 0.2) is 41.0 Å². The van der Waals surface area contributed by atoms with Gasteiger partial charge in [-0.1, -0.05) is 0 Å². The number of anilines is 1. The van der Waals surface area contributed by atoms with Crippen LogP contribution in [0.2, 0.25) is 0 Å². The number of benzene rings is 1. The molecule has 2 aliphatic heterocycles. The van der Waals surface area contributed by atoms with Crippen molar-refractivity contribution >= 4 is 17.7 Å². The summed E-state index contributed by atoms with van der Waals surface area (Å²) in [5, 5.41) is 16.3.